The van der Waals surface area contributed by atoms with E-state index in [0.717, 1.165) is 26.2 Å². The summed E-state index contributed by atoms with van der Waals surface area (Å²) in [5, 5.41) is 1.87. The van der Waals surface area contributed by atoms with Crippen LogP contribution in [0.25, 0.3) is 0 Å². The molecule has 1 saturated heterocycles. The van der Waals surface area contributed by atoms with Crippen LogP contribution in [0.4, 0.5) is 8.78 Å². The van der Waals surface area contributed by atoms with Crippen molar-refractivity contribution in [3.8, 4) is 0 Å². The van der Waals surface area contributed by atoms with E-state index in [1.807, 2.05) is 12.1 Å². The maximum absolute atomic E-state index is 13.9. The lowest BCUT2D eigenvalue weighted by Crippen LogP contribution is -2.52. The molecule has 5 heteroatoms. The molecule has 0 bridgehead atoms. The Morgan fingerprint density at radius 1 is 1.11 bits per heavy atom. The highest BCUT2D eigenvalue weighted by Crippen LogP contribution is 2.26. The maximum atomic E-state index is 13.9. The van der Waals surface area contributed by atoms with E-state index in [4.69, 9.17) is 0 Å². The Kier molecular flexibility index (Phi) is 4.27. The molecular weight excluding hydrogens is 236 g/mol. The lowest BCUT2D eigenvalue weighted by molar-refractivity contribution is -0.0296. The number of nitrogens with zero attached hydrogens (tertiary/aromatic N) is 2. The Bertz CT molecular complexity index is 362. The van der Waals surface area contributed by atoms with Crippen LogP contribution in [0.5, 0.6) is 0 Å². The minimum atomic E-state index is -2.83. The highest BCUT2D eigenvalue weighted by molar-refractivity contribution is 5.20. The van der Waals surface area contributed by atoms with E-state index < -0.39 is 5.92 Å². The molecule has 1 aliphatic heterocycles. The third-order valence-electron chi connectivity index (χ3n) is 3.22. The summed E-state index contributed by atoms with van der Waals surface area (Å²) in [5.74, 6) is -2.83. The normalized spacial score (nSPS) is 19.1. The molecule has 3 nitrogen and oxygen atoms in total. The van der Waals surface area contributed by atoms with Gasteiger partial charge in [0.25, 0.3) is 5.92 Å². The highest BCUT2D eigenvalue weighted by Gasteiger charge is 2.31. The number of hydrogen-bond acceptors (Lipinski definition) is 3. The van der Waals surface area contributed by atoms with Gasteiger partial charge in [0.2, 0.25) is 0 Å². The fraction of sp³-hybridized carbons (Fsp3) is 0.538. The Morgan fingerprint density at radius 2 is 1.72 bits per heavy atom. The molecule has 1 aromatic rings. The van der Waals surface area contributed by atoms with Crippen molar-refractivity contribution in [1.82, 2.24) is 15.3 Å². The molecule has 0 aliphatic carbocycles. The first-order valence-corrected chi connectivity index (χ1v) is 6.18. The summed E-state index contributed by atoms with van der Waals surface area (Å²) in [7, 11) is 2.04. The monoisotopic (exact) mass is 255 g/mol. The largest absolute Gasteiger partial charge is 0.304 e. The number of rotatable bonds is 4. The third kappa shape index (κ3) is 3.48. The van der Waals surface area contributed by atoms with Gasteiger partial charge in [-0.15, -0.1) is 0 Å². The minimum Gasteiger partial charge on any atom is -0.304 e. The first kappa shape index (κ1) is 13.4. The number of benzene rings is 1. The predicted octanol–water partition coefficient (Wildman–Crippen LogP) is 1.53. The molecule has 18 heavy (non-hydrogen) atoms. The van der Waals surface area contributed by atoms with Gasteiger partial charge in [-0.05, 0) is 7.05 Å². The van der Waals surface area contributed by atoms with Crippen LogP contribution in [0.15, 0.2) is 30.3 Å². The lowest BCUT2D eigenvalue weighted by Gasteiger charge is -2.33. The summed E-state index contributed by atoms with van der Waals surface area (Å²) in [6, 6.07) is 7.95. The summed E-state index contributed by atoms with van der Waals surface area (Å²) in [4.78, 5) is 2.19. The molecule has 0 atom stereocenters. The van der Waals surface area contributed by atoms with Crippen molar-refractivity contribution in [1.29, 1.82) is 0 Å². The second-order valence-electron chi connectivity index (χ2n) is 4.70. The van der Waals surface area contributed by atoms with Crippen LogP contribution in [0.1, 0.15) is 5.56 Å². The zero-order chi connectivity index (χ0) is 13.0. The number of piperazine rings is 1. The van der Waals surface area contributed by atoms with Gasteiger partial charge >= 0.3 is 0 Å². The standard InChI is InChI=1S/C13H19F2N3/c1-17-7-9-18(10-8-17)16-11-13(14,15)12-5-3-2-4-6-12/h2-6,16H,7-11H2,1H3. The van der Waals surface area contributed by atoms with Gasteiger partial charge in [0.1, 0.15) is 0 Å². The van der Waals surface area contributed by atoms with Crippen LogP contribution in [0.3, 0.4) is 0 Å². The molecule has 1 fully saturated rings. The van der Waals surface area contributed by atoms with Crippen molar-refractivity contribution in [2.24, 2.45) is 0 Å². The SMILES string of the molecule is CN1CCN(NCC(F)(F)c2ccccc2)CC1. The van der Waals surface area contributed by atoms with Crippen molar-refractivity contribution in [3.63, 3.8) is 0 Å². The third-order valence-corrected chi connectivity index (χ3v) is 3.22. The Labute approximate surface area is 106 Å². The highest BCUT2D eigenvalue weighted by atomic mass is 19.3. The number of nitrogens with one attached hydrogen (secondary N) is 1. The van der Waals surface area contributed by atoms with Crippen molar-refractivity contribution in [2.45, 2.75) is 5.92 Å². The summed E-state index contributed by atoms with van der Waals surface area (Å²) < 4.78 is 27.8. The van der Waals surface area contributed by atoms with Gasteiger partial charge in [0.05, 0.1) is 6.54 Å². The number of hydrogen-bond donors (Lipinski definition) is 1. The van der Waals surface area contributed by atoms with E-state index in [1.54, 1.807) is 18.2 Å². The molecular formula is C13H19F2N3. The predicted molar refractivity (Wildman–Crippen MR) is 67.4 cm³/mol. The number of likely N-dealkylation sites (N-methyl/N-ethyl adjacent to an activating group) is 1. The Morgan fingerprint density at radius 3 is 2.33 bits per heavy atom. The van der Waals surface area contributed by atoms with Gasteiger partial charge in [-0.2, -0.15) is 8.78 Å². The second kappa shape index (κ2) is 5.73. The quantitative estimate of drug-likeness (QED) is 0.880. The fourth-order valence-electron chi connectivity index (χ4n) is 1.96. The summed E-state index contributed by atoms with van der Waals surface area (Å²) in [5.41, 5.74) is 2.90. The molecule has 0 radical (unpaired) electrons. The van der Waals surface area contributed by atoms with Crippen LogP contribution < -0.4 is 5.43 Å². The number of halogens is 2. The first-order chi connectivity index (χ1) is 8.58. The minimum absolute atomic E-state index is 0.0617. The smallest absolute Gasteiger partial charge is 0.286 e. The van der Waals surface area contributed by atoms with E-state index in [1.165, 1.54) is 12.1 Å². The van der Waals surface area contributed by atoms with Crippen LogP contribution in [0, 0.1) is 0 Å². The van der Waals surface area contributed by atoms with E-state index >= 15 is 0 Å². The van der Waals surface area contributed by atoms with Gasteiger partial charge in [0.15, 0.2) is 0 Å². The fourth-order valence-corrected chi connectivity index (χ4v) is 1.96. The van der Waals surface area contributed by atoms with E-state index in [9.17, 15) is 8.78 Å². The van der Waals surface area contributed by atoms with Crippen LogP contribution in [-0.4, -0.2) is 49.7 Å². The average Bonchev–Trinajstić information content (AvgIpc) is 2.39. The average molecular weight is 255 g/mol. The molecule has 100 valence electrons. The van der Waals surface area contributed by atoms with Crippen molar-refractivity contribution < 1.29 is 8.78 Å². The van der Waals surface area contributed by atoms with Gasteiger partial charge < -0.3 is 4.90 Å². The van der Waals surface area contributed by atoms with Gasteiger partial charge in [-0.1, -0.05) is 30.3 Å². The molecule has 1 aliphatic rings. The summed E-state index contributed by atoms with van der Waals surface area (Å²) in [6.45, 7) is 3.03. The Hall–Kier alpha value is -1.04. The second-order valence-corrected chi connectivity index (χ2v) is 4.70. The van der Waals surface area contributed by atoms with Gasteiger partial charge in [-0.25, -0.2) is 10.4 Å². The van der Waals surface area contributed by atoms with Crippen LogP contribution >= 0.6 is 0 Å². The zero-order valence-corrected chi connectivity index (χ0v) is 10.6. The van der Waals surface area contributed by atoms with Gasteiger partial charge in [0, 0.05) is 31.7 Å². The molecule has 0 spiro atoms. The lowest BCUT2D eigenvalue weighted by atomic mass is 10.1. The van der Waals surface area contributed by atoms with Gasteiger partial charge in [-0.3, -0.25) is 0 Å². The first-order valence-electron chi connectivity index (χ1n) is 6.18. The topological polar surface area (TPSA) is 18.5 Å². The molecule has 0 amide bonds. The van der Waals surface area contributed by atoms with Crippen molar-refractivity contribution >= 4 is 0 Å². The van der Waals surface area contributed by atoms with Crippen LogP contribution in [0.2, 0.25) is 0 Å². The zero-order valence-electron chi connectivity index (χ0n) is 10.6. The van der Waals surface area contributed by atoms with E-state index in [-0.39, 0.29) is 12.1 Å². The number of alkyl halides is 2. The molecule has 0 saturated carbocycles. The van der Waals surface area contributed by atoms with Crippen LogP contribution in [-0.2, 0) is 5.92 Å². The van der Waals surface area contributed by atoms with E-state index in [2.05, 4.69) is 10.3 Å². The molecule has 1 N–H and O–H groups in total. The number of hydrazine groups is 1. The summed E-state index contributed by atoms with van der Waals surface area (Å²) in [6.07, 6.45) is 0. The maximum Gasteiger partial charge on any atom is 0.286 e. The molecule has 1 aromatic carbocycles. The van der Waals surface area contributed by atoms with Crippen molar-refractivity contribution in [3.05, 3.63) is 35.9 Å². The molecule has 0 aromatic heterocycles. The van der Waals surface area contributed by atoms with E-state index in [0.29, 0.717) is 0 Å². The molecule has 1 heterocycles. The summed E-state index contributed by atoms with van der Waals surface area (Å²) >= 11 is 0. The molecule has 2 rings (SSSR count). The molecule has 0 unspecified atom stereocenters. The van der Waals surface area contributed by atoms with Crippen molar-refractivity contribution in [2.75, 3.05) is 39.8 Å². The Balaban J connectivity index is 1.86.